The number of nitrogens with one attached hydrogen (secondary N) is 2. The summed E-state index contributed by atoms with van der Waals surface area (Å²) in [5.74, 6) is -5.62. The summed E-state index contributed by atoms with van der Waals surface area (Å²) in [7, 11) is 1.24. The quantitative estimate of drug-likeness (QED) is 0.364. The Morgan fingerprint density at radius 2 is 2.05 bits per heavy atom. The number of nitrogens with zero attached hydrogens (tertiary/aromatic N) is 6. The molecule has 3 amide bonds. The molecule has 4 heterocycles. The van der Waals surface area contributed by atoms with E-state index in [4.69, 9.17) is 4.74 Å². The van der Waals surface area contributed by atoms with Gasteiger partial charge in [0.05, 0.1) is 48.5 Å². The van der Waals surface area contributed by atoms with Gasteiger partial charge in [0.25, 0.3) is 17.7 Å². The molecule has 3 aromatic rings. The lowest BCUT2D eigenvalue weighted by molar-refractivity contribution is -0.214. The fourth-order valence-corrected chi connectivity index (χ4v) is 4.78. The van der Waals surface area contributed by atoms with Crippen molar-refractivity contribution in [3.8, 4) is 5.88 Å². The number of urea groups is 1. The van der Waals surface area contributed by atoms with Crippen LogP contribution in [0.4, 0.5) is 26.7 Å². The average Bonchev–Trinajstić information content (AvgIpc) is 3.26. The minimum Gasteiger partial charge on any atom is -0.477 e. The van der Waals surface area contributed by atoms with Gasteiger partial charge in [-0.3, -0.25) is 4.79 Å². The molecular formula is C24H27F5N8O4. The van der Waals surface area contributed by atoms with E-state index in [1.54, 1.807) is 6.07 Å². The third kappa shape index (κ3) is 5.48. The van der Waals surface area contributed by atoms with Crippen molar-refractivity contribution in [2.75, 3.05) is 20.2 Å². The average molecular weight is 587 g/mol. The second-order valence-electron chi connectivity index (χ2n) is 10.9. The number of hydrogen-bond donors (Lipinski definition) is 2. The van der Waals surface area contributed by atoms with Crippen molar-refractivity contribution in [2.24, 2.45) is 17.3 Å². The van der Waals surface area contributed by atoms with Gasteiger partial charge in [0, 0.05) is 19.6 Å². The van der Waals surface area contributed by atoms with Crippen molar-refractivity contribution in [1.82, 2.24) is 40.4 Å². The zero-order valence-electron chi connectivity index (χ0n) is 22.2. The fourth-order valence-electron chi connectivity index (χ4n) is 4.78. The molecule has 0 unspecified atom stereocenters. The first-order chi connectivity index (χ1) is 19.2. The van der Waals surface area contributed by atoms with Crippen LogP contribution in [-0.4, -0.2) is 74.0 Å². The van der Waals surface area contributed by atoms with Gasteiger partial charge in [-0.05, 0) is 34.8 Å². The first-order valence-electron chi connectivity index (χ1n) is 12.7. The standard InChI is InChI=1S/C24H27F5N8O4/c1-22(2,24(27,28)29)5-4-15(33-19(38)18-20(40-3)35-41-34-18)16-11-37-17(32-16)6-12(7-31-37)9-36-10-14-13(23(14,25)26)8-30-21(36)39/h6-7,11,13-15H,4-5,8-10H2,1-3H3,(H,30,39)(H,33,38)/t13-,14+,15+/m1/s1. The zero-order valence-corrected chi connectivity index (χ0v) is 22.2. The molecule has 12 nitrogen and oxygen atoms in total. The molecule has 3 aromatic heterocycles. The van der Waals surface area contributed by atoms with Gasteiger partial charge in [-0.1, -0.05) is 13.8 Å². The number of halogens is 5. The monoisotopic (exact) mass is 586 g/mol. The summed E-state index contributed by atoms with van der Waals surface area (Å²) in [6, 6.07) is 0.117. The van der Waals surface area contributed by atoms with E-state index in [-0.39, 0.29) is 55.4 Å². The minimum absolute atomic E-state index is 0.00425. The lowest BCUT2D eigenvalue weighted by Gasteiger charge is -2.29. The number of hydrogen-bond acceptors (Lipinski definition) is 8. The number of amides is 3. The number of imidazole rings is 1. The molecule has 1 saturated heterocycles. The minimum atomic E-state index is -4.49. The Kier molecular flexibility index (Phi) is 7.01. The molecule has 2 N–H and O–H groups in total. The molecule has 1 aliphatic heterocycles. The highest BCUT2D eigenvalue weighted by atomic mass is 19.4. The molecule has 0 spiro atoms. The van der Waals surface area contributed by atoms with E-state index < -0.39 is 47.3 Å². The van der Waals surface area contributed by atoms with Crippen molar-refractivity contribution >= 4 is 17.6 Å². The Bertz CT molecular complexity index is 1460. The topological polar surface area (TPSA) is 140 Å². The second-order valence-corrected chi connectivity index (χ2v) is 10.9. The van der Waals surface area contributed by atoms with Gasteiger partial charge < -0.3 is 20.3 Å². The lowest BCUT2D eigenvalue weighted by Crippen LogP contribution is -2.40. The molecule has 2 aliphatic rings. The first-order valence-corrected chi connectivity index (χ1v) is 12.7. The smallest absolute Gasteiger partial charge is 0.393 e. The number of carbonyl (C=O) groups excluding carboxylic acids is 2. The van der Waals surface area contributed by atoms with Crippen LogP contribution >= 0.6 is 0 Å². The van der Waals surface area contributed by atoms with Crippen LogP contribution in [0.25, 0.3) is 5.65 Å². The van der Waals surface area contributed by atoms with Crippen molar-refractivity contribution in [3.63, 3.8) is 0 Å². The molecule has 3 atom stereocenters. The predicted octanol–water partition coefficient (Wildman–Crippen LogP) is 3.37. The Morgan fingerprint density at radius 1 is 1.29 bits per heavy atom. The molecule has 0 aromatic carbocycles. The van der Waals surface area contributed by atoms with E-state index in [0.717, 1.165) is 13.8 Å². The van der Waals surface area contributed by atoms with Gasteiger partial charge in [-0.25, -0.2) is 27.7 Å². The Balaban J connectivity index is 1.38. The van der Waals surface area contributed by atoms with Crippen LogP contribution in [0.15, 0.2) is 23.1 Å². The Hall–Kier alpha value is -4.05. The van der Waals surface area contributed by atoms with Crippen molar-refractivity contribution in [3.05, 3.63) is 35.4 Å². The van der Waals surface area contributed by atoms with Gasteiger partial charge in [0.2, 0.25) is 5.69 Å². The van der Waals surface area contributed by atoms with Crippen LogP contribution in [0.2, 0.25) is 0 Å². The van der Waals surface area contributed by atoms with E-state index >= 15 is 0 Å². The van der Waals surface area contributed by atoms with Gasteiger partial charge >= 0.3 is 12.2 Å². The van der Waals surface area contributed by atoms with Crippen LogP contribution in [0, 0.1) is 17.3 Å². The number of fused-ring (bicyclic) bond motifs is 2. The van der Waals surface area contributed by atoms with Crippen LogP contribution < -0.4 is 15.4 Å². The van der Waals surface area contributed by atoms with E-state index in [9.17, 15) is 31.5 Å². The number of carbonyl (C=O) groups is 2. The largest absolute Gasteiger partial charge is 0.477 e. The molecule has 5 rings (SSSR count). The van der Waals surface area contributed by atoms with Gasteiger partial charge in [-0.2, -0.15) is 18.3 Å². The fraction of sp³-hybridized carbons (Fsp3) is 0.583. The van der Waals surface area contributed by atoms with Gasteiger partial charge in [0.15, 0.2) is 5.65 Å². The summed E-state index contributed by atoms with van der Waals surface area (Å²) in [6.45, 7) is 1.91. The lowest BCUT2D eigenvalue weighted by atomic mass is 9.85. The zero-order chi connectivity index (χ0) is 29.7. The molecule has 41 heavy (non-hydrogen) atoms. The van der Waals surface area contributed by atoms with Gasteiger partial charge in [-0.15, -0.1) is 0 Å². The van der Waals surface area contributed by atoms with Crippen molar-refractivity contribution in [2.45, 2.75) is 51.4 Å². The number of alkyl halides is 5. The second kappa shape index (κ2) is 10.1. The maximum atomic E-state index is 13.9. The van der Waals surface area contributed by atoms with E-state index in [1.807, 2.05) is 0 Å². The van der Waals surface area contributed by atoms with Crippen molar-refractivity contribution < 1.29 is 40.9 Å². The van der Waals surface area contributed by atoms with Crippen LogP contribution in [0.5, 0.6) is 5.88 Å². The summed E-state index contributed by atoms with van der Waals surface area (Å²) in [4.78, 5) is 31.0. The van der Waals surface area contributed by atoms with Crippen molar-refractivity contribution in [1.29, 1.82) is 0 Å². The summed E-state index contributed by atoms with van der Waals surface area (Å²) < 4.78 is 79.3. The van der Waals surface area contributed by atoms with Crippen LogP contribution in [0.3, 0.4) is 0 Å². The van der Waals surface area contributed by atoms with Gasteiger partial charge in [0.1, 0.15) is 0 Å². The molecule has 222 valence electrons. The molecule has 1 saturated carbocycles. The summed E-state index contributed by atoms with van der Waals surface area (Å²) in [5, 5.41) is 16.3. The summed E-state index contributed by atoms with van der Waals surface area (Å²) >= 11 is 0. The molecule has 2 fully saturated rings. The first kappa shape index (κ1) is 28.5. The van der Waals surface area contributed by atoms with Crippen LogP contribution in [-0.2, 0) is 6.54 Å². The Labute approximate surface area is 229 Å². The number of ether oxygens (including phenoxy) is 1. The SMILES string of the molecule is COc1nonc1C(=O)N[C@@H](CCC(C)(C)C(F)(F)F)c1cn2ncc(CN3C[C@H]4[C@@H](CNC3=O)C4(F)F)cc2n1. The highest BCUT2D eigenvalue weighted by Gasteiger charge is 2.69. The summed E-state index contributed by atoms with van der Waals surface area (Å²) in [5.41, 5.74) is -1.36. The molecule has 17 heteroatoms. The van der Waals surface area contributed by atoms with Crippen LogP contribution in [0.1, 0.15) is 54.5 Å². The molecule has 0 radical (unpaired) electrons. The van der Waals surface area contributed by atoms with E-state index in [0.29, 0.717) is 5.56 Å². The number of aromatic nitrogens is 5. The van der Waals surface area contributed by atoms with E-state index in [2.05, 4.69) is 35.7 Å². The molecule has 0 bridgehead atoms. The number of rotatable bonds is 9. The number of methoxy groups -OCH3 is 1. The molecule has 1 aliphatic carbocycles. The Morgan fingerprint density at radius 3 is 2.76 bits per heavy atom. The normalized spacial score (nSPS) is 21.2. The maximum absolute atomic E-state index is 13.9. The third-order valence-corrected chi connectivity index (χ3v) is 7.67. The highest BCUT2D eigenvalue weighted by Crippen LogP contribution is 2.55. The maximum Gasteiger partial charge on any atom is 0.393 e. The summed E-state index contributed by atoms with van der Waals surface area (Å²) in [6.07, 6.45) is -2.09. The highest BCUT2D eigenvalue weighted by molar-refractivity contribution is 5.94. The molecular weight excluding hydrogens is 559 g/mol. The van der Waals surface area contributed by atoms with E-state index in [1.165, 1.54) is 28.9 Å². The predicted molar refractivity (Wildman–Crippen MR) is 129 cm³/mol. The third-order valence-electron chi connectivity index (χ3n) is 7.67.